The minimum atomic E-state index is -4.25. The third-order valence-corrected chi connectivity index (χ3v) is 9.66. The number of nitrogens with one attached hydrogen (secondary N) is 1. The summed E-state index contributed by atoms with van der Waals surface area (Å²) in [4.78, 5) is 29.0. The van der Waals surface area contributed by atoms with E-state index in [1.165, 1.54) is 23.1 Å². The highest BCUT2D eigenvalue weighted by Gasteiger charge is 2.35. The van der Waals surface area contributed by atoms with Gasteiger partial charge in [-0.3, -0.25) is 13.9 Å². The first-order chi connectivity index (χ1) is 19.4. The van der Waals surface area contributed by atoms with Gasteiger partial charge in [-0.2, -0.15) is 0 Å². The largest absolute Gasteiger partial charge is 0.352 e. The molecule has 0 saturated carbocycles. The summed E-state index contributed by atoms with van der Waals surface area (Å²) in [6.45, 7) is 9.00. The zero-order valence-corrected chi connectivity index (χ0v) is 26.4. The van der Waals surface area contributed by atoms with E-state index in [0.717, 1.165) is 27.4 Å². The highest BCUT2D eigenvalue weighted by Crippen LogP contribution is 2.35. The molecule has 10 heteroatoms. The van der Waals surface area contributed by atoms with Gasteiger partial charge in [-0.05, 0) is 69.0 Å². The fourth-order valence-corrected chi connectivity index (χ4v) is 6.24. The van der Waals surface area contributed by atoms with Crippen molar-refractivity contribution in [3.8, 4) is 0 Å². The van der Waals surface area contributed by atoms with Gasteiger partial charge in [0.25, 0.3) is 10.0 Å². The van der Waals surface area contributed by atoms with E-state index < -0.39 is 28.5 Å². The quantitative estimate of drug-likeness (QED) is 0.250. The predicted molar refractivity (Wildman–Crippen MR) is 166 cm³/mol. The Balaban J connectivity index is 2.11. The van der Waals surface area contributed by atoms with Crippen LogP contribution in [0.3, 0.4) is 0 Å². The van der Waals surface area contributed by atoms with Gasteiger partial charge < -0.3 is 10.2 Å². The Morgan fingerprint density at radius 3 is 2.17 bits per heavy atom. The Hall–Kier alpha value is -3.07. The molecule has 2 atom stereocenters. The molecule has 3 aromatic rings. The molecule has 0 aliphatic carbocycles. The molecule has 0 aromatic heterocycles. The highest BCUT2D eigenvalue weighted by atomic mass is 35.5. The van der Waals surface area contributed by atoms with Crippen molar-refractivity contribution in [2.75, 3.05) is 10.8 Å². The van der Waals surface area contributed by atoms with Crippen LogP contribution in [-0.4, -0.2) is 43.8 Å². The molecular formula is C31H37Cl2N3O4S. The molecule has 0 heterocycles. The summed E-state index contributed by atoms with van der Waals surface area (Å²) in [6, 6.07) is 17.6. The van der Waals surface area contributed by atoms with Crippen molar-refractivity contribution in [3.63, 3.8) is 0 Å². The van der Waals surface area contributed by atoms with Crippen molar-refractivity contribution < 1.29 is 18.0 Å². The number of anilines is 1. The number of aryl methyl sites for hydroxylation is 2. The van der Waals surface area contributed by atoms with E-state index in [4.69, 9.17) is 23.2 Å². The van der Waals surface area contributed by atoms with Crippen molar-refractivity contribution >= 4 is 50.7 Å². The zero-order valence-electron chi connectivity index (χ0n) is 24.0. The number of carbonyl (C=O) groups excluding carboxylic acids is 2. The zero-order chi connectivity index (χ0) is 30.3. The number of sulfonamides is 1. The van der Waals surface area contributed by atoms with Gasteiger partial charge in [0.15, 0.2) is 0 Å². The molecule has 0 spiro atoms. The minimum Gasteiger partial charge on any atom is -0.352 e. The second-order valence-corrected chi connectivity index (χ2v) is 12.7. The Morgan fingerprint density at radius 1 is 0.902 bits per heavy atom. The molecule has 7 nitrogen and oxygen atoms in total. The smallest absolute Gasteiger partial charge is 0.264 e. The van der Waals surface area contributed by atoms with Crippen LogP contribution in [0.1, 0.15) is 50.3 Å². The lowest BCUT2D eigenvalue weighted by atomic mass is 10.1. The number of hydrogen-bond donors (Lipinski definition) is 1. The minimum absolute atomic E-state index is 0.000971. The third kappa shape index (κ3) is 7.82. The molecular weight excluding hydrogens is 581 g/mol. The third-order valence-electron chi connectivity index (χ3n) is 7.08. The molecule has 0 aliphatic rings. The number of benzene rings is 3. The van der Waals surface area contributed by atoms with Crippen LogP contribution in [-0.2, 0) is 26.2 Å². The standard InChI is InChI=1S/C31H37Cl2N3O4S/c1-6-23(5)34-31(38)27(7-2)35(19-24-12-9-8-11-22(24)4)29(37)20-36(28-14-10-13-26(32)30(28)33)41(39,40)25-17-15-21(3)16-18-25/h8-18,23,27H,6-7,19-20H2,1-5H3,(H,34,38). The molecule has 220 valence electrons. The lowest BCUT2D eigenvalue weighted by Crippen LogP contribution is -2.53. The lowest BCUT2D eigenvalue weighted by molar-refractivity contribution is -0.140. The first-order valence-electron chi connectivity index (χ1n) is 13.6. The summed E-state index contributed by atoms with van der Waals surface area (Å²) in [5.74, 6) is -0.844. The summed E-state index contributed by atoms with van der Waals surface area (Å²) in [6.07, 6.45) is 1.06. The number of amides is 2. The van der Waals surface area contributed by atoms with Crippen molar-refractivity contribution in [3.05, 3.63) is 93.5 Å². The molecule has 41 heavy (non-hydrogen) atoms. The summed E-state index contributed by atoms with van der Waals surface area (Å²) >= 11 is 12.8. The van der Waals surface area contributed by atoms with Crippen molar-refractivity contribution in [1.29, 1.82) is 0 Å². The van der Waals surface area contributed by atoms with E-state index in [-0.39, 0.29) is 39.1 Å². The summed E-state index contributed by atoms with van der Waals surface area (Å²) in [5.41, 5.74) is 2.75. The van der Waals surface area contributed by atoms with Gasteiger partial charge in [-0.1, -0.05) is 85.1 Å². The molecule has 0 bridgehead atoms. The van der Waals surface area contributed by atoms with Crippen LogP contribution >= 0.6 is 23.2 Å². The number of carbonyl (C=O) groups is 2. The van der Waals surface area contributed by atoms with Gasteiger partial charge in [0.1, 0.15) is 12.6 Å². The van der Waals surface area contributed by atoms with E-state index in [0.29, 0.717) is 6.42 Å². The van der Waals surface area contributed by atoms with Gasteiger partial charge in [-0.25, -0.2) is 8.42 Å². The van der Waals surface area contributed by atoms with Crippen molar-refractivity contribution in [2.45, 2.75) is 71.0 Å². The van der Waals surface area contributed by atoms with Gasteiger partial charge in [0.05, 0.1) is 20.6 Å². The van der Waals surface area contributed by atoms with Crippen LogP contribution in [0.25, 0.3) is 0 Å². The SMILES string of the molecule is CCC(C)NC(=O)C(CC)N(Cc1ccccc1C)C(=O)CN(c1cccc(Cl)c1Cl)S(=O)(=O)c1ccc(C)cc1. The van der Waals surface area contributed by atoms with Crippen LogP contribution in [0.2, 0.25) is 10.0 Å². The maximum atomic E-state index is 14.2. The maximum Gasteiger partial charge on any atom is 0.264 e. The first-order valence-corrected chi connectivity index (χ1v) is 15.8. The number of rotatable bonds is 12. The van der Waals surface area contributed by atoms with Crippen LogP contribution in [0.15, 0.2) is 71.6 Å². The first kappa shape index (κ1) is 32.4. The number of nitrogens with zero attached hydrogens (tertiary/aromatic N) is 2. The summed E-state index contributed by atoms with van der Waals surface area (Å²) in [7, 11) is -4.25. The maximum absolute atomic E-state index is 14.2. The lowest BCUT2D eigenvalue weighted by Gasteiger charge is -2.34. The second kappa shape index (κ2) is 14.2. The normalized spacial score (nSPS) is 12.9. The van der Waals surface area contributed by atoms with E-state index in [1.807, 2.05) is 58.9 Å². The fraction of sp³-hybridized carbons (Fsp3) is 0.355. The van der Waals surface area contributed by atoms with E-state index in [2.05, 4.69) is 5.32 Å². The summed E-state index contributed by atoms with van der Waals surface area (Å²) < 4.78 is 29.0. The van der Waals surface area contributed by atoms with E-state index in [1.54, 1.807) is 24.3 Å². The fourth-order valence-electron chi connectivity index (χ4n) is 4.37. The molecule has 3 aromatic carbocycles. The Kier molecular flexibility index (Phi) is 11.2. The average Bonchev–Trinajstić information content (AvgIpc) is 2.94. The highest BCUT2D eigenvalue weighted by molar-refractivity contribution is 7.92. The summed E-state index contributed by atoms with van der Waals surface area (Å²) in [5, 5.41) is 3.13. The Labute approximate surface area is 253 Å². The average molecular weight is 619 g/mol. The Morgan fingerprint density at radius 2 is 1.56 bits per heavy atom. The monoisotopic (exact) mass is 617 g/mol. The predicted octanol–water partition coefficient (Wildman–Crippen LogP) is 6.53. The topological polar surface area (TPSA) is 86.8 Å². The van der Waals surface area contributed by atoms with E-state index >= 15 is 0 Å². The molecule has 0 fully saturated rings. The van der Waals surface area contributed by atoms with Gasteiger partial charge in [-0.15, -0.1) is 0 Å². The molecule has 2 amide bonds. The van der Waals surface area contributed by atoms with Gasteiger partial charge >= 0.3 is 0 Å². The molecule has 0 saturated heterocycles. The van der Waals surface area contributed by atoms with Crippen molar-refractivity contribution in [2.24, 2.45) is 0 Å². The number of hydrogen-bond acceptors (Lipinski definition) is 4. The van der Waals surface area contributed by atoms with Crippen LogP contribution in [0.4, 0.5) is 5.69 Å². The second-order valence-electron chi connectivity index (χ2n) is 10.1. The molecule has 2 unspecified atom stereocenters. The number of halogens is 2. The van der Waals surface area contributed by atoms with Crippen LogP contribution in [0.5, 0.6) is 0 Å². The van der Waals surface area contributed by atoms with Crippen LogP contribution < -0.4 is 9.62 Å². The molecule has 0 radical (unpaired) electrons. The van der Waals surface area contributed by atoms with Gasteiger partial charge in [0.2, 0.25) is 11.8 Å². The Bertz CT molecular complexity index is 1480. The van der Waals surface area contributed by atoms with E-state index in [9.17, 15) is 18.0 Å². The van der Waals surface area contributed by atoms with Crippen LogP contribution in [0, 0.1) is 13.8 Å². The molecule has 3 rings (SSSR count). The van der Waals surface area contributed by atoms with Crippen molar-refractivity contribution in [1.82, 2.24) is 10.2 Å². The molecule has 0 aliphatic heterocycles. The van der Waals surface area contributed by atoms with Gasteiger partial charge in [0, 0.05) is 12.6 Å². The molecule has 1 N–H and O–H groups in total.